The molecule has 1 saturated heterocycles. The Kier molecular flexibility index (Phi) is 5.52. The molecule has 1 atom stereocenters. The van der Waals surface area contributed by atoms with Crippen LogP contribution in [0.5, 0.6) is 5.75 Å². The minimum Gasteiger partial charge on any atom is -0.507 e. The highest BCUT2D eigenvalue weighted by molar-refractivity contribution is 6.46. The standard InChI is InChI=1S/C24H25N3O4/c1-26(2)11-12-27-21(18-14-25-19-10-5-4-9-17(18)19)20(23(29)24(27)30)22(28)15-7-6-8-16(13-15)31-3/h4-10,13-14,21,25,28H,11-12H2,1-3H3/b22-20+. The van der Waals surface area contributed by atoms with Gasteiger partial charge in [-0.15, -0.1) is 0 Å². The molecule has 1 fully saturated rings. The van der Waals surface area contributed by atoms with Crippen molar-refractivity contribution in [1.29, 1.82) is 0 Å². The van der Waals surface area contributed by atoms with Crippen LogP contribution in [0.1, 0.15) is 17.2 Å². The average molecular weight is 419 g/mol. The number of likely N-dealkylation sites (N-methyl/N-ethyl adjacent to an activating group) is 1. The van der Waals surface area contributed by atoms with Crippen molar-refractivity contribution in [3.8, 4) is 5.75 Å². The van der Waals surface area contributed by atoms with Gasteiger partial charge in [-0.25, -0.2) is 0 Å². The number of H-pyrrole nitrogens is 1. The first-order valence-electron chi connectivity index (χ1n) is 10.1. The zero-order chi connectivity index (χ0) is 22.1. The van der Waals surface area contributed by atoms with Crippen molar-refractivity contribution in [3.63, 3.8) is 0 Å². The molecule has 0 spiro atoms. The van der Waals surface area contributed by atoms with Gasteiger partial charge in [0, 0.05) is 41.3 Å². The van der Waals surface area contributed by atoms with Crippen LogP contribution in [0, 0.1) is 0 Å². The zero-order valence-corrected chi connectivity index (χ0v) is 17.8. The Morgan fingerprint density at radius 3 is 2.68 bits per heavy atom. The number of para-hydroxylation sites is 1. The summed E-state index contributed by atoms with van der Waals surface area (Å²) < 4.78 is 5.25. The van der Waals surface area contributed by atoms with E-state index in [1.807, 2.05) is 49.5 Å². The first kappa shape index (κ1) is 20.7. The molecule has 2 aromatic carbocycles. The number of Topliss-reactive ketones (excluding diaryl/α,β-unsaturated/α-hetero) is 1. The molecule has 2 heterocycles. The molecule has 0 radical (unpaired) electrons. The molecule has 2 N–H and O–H groups in total. The number of aliphatic hydroxyl groups is 1. The van der Waals surface area contributed by atoms with Gasteiger partial charge in [0.2, 0.25) is 0 Å². The maximum Gasteiger partial charge on any atom is 0.295 e. The van der Waals surface area contributed by atoms with Crippen molar-refractivity contribution >= 4 is 28.4 Å². The number of carbonyl (C=O) groups is 2. The highest BCUT2D eigenvalue weighted by Gasteiger charge is 2.46. The Bertz CT molecular complexity index is 1180. The van der Waals surface area contributed by atoms with E-state index in [0.717, 1.165) is 16.5 Å². The van der Waals surface area contributed by atoms with Gasteiger partial charge in [0.05, 0.1) is 18.7 Å². The number of benzene rings is 2. The number of aromatic amines is 1. The fraction of sp³-hybridized carbons (Fsp3) is 0.250. The lowest BCUT2D eigenvalue weighted by molar-refractivity contribution is -0.140. The second-order valence-corrected chi connectivity index (χ2v) is 7.82. The van der Waals surface area contributed by atoms with E-state index in [1.54, 1.807) is 29.2 Å². The maximum absolute atomic E-state index is 13.1. The molecule has 0 saturated carbocycles. The largest absolute Gasteiger partial charge is 0.507 e. The summed E-state index contributed by atoms with van der Waals surface area (Å²) in [5.74, 6) is -0.953. The van der Waals surface area contributed by atoms with E-state index in [1.165, 1.54) is 7.11 Å². The molecule has 1 aliphatic rings. The summed E-state index contributed by atoms with van der Waals surface area (Å²) in [6.07, 6.45) is 1.81. The lowest BCUT2D eigenvalue weighted by Crippen LogP contribution is -2.35. The van der Waals surface area contributed by atoms with Crippen LogP contribution in [0.25, 0.3) is 16.7 Å². The first-order chi connectivity index (χ1) is 14.9. The Hall–Kier alpha value is -3.58. The summed E-state index contributed by atoms with van der Waals surface area (Å²) in [7, 11) is 5.35. The third-order valence-corrected chi connectivity index (χ3v) is 5.59. The Balaban J connectivity index is 1.91. The van der Waals surface area contributed by atoms with Gasteiger partial charge in [-0.2, -0.15) is 0 Å². The van der Waals surface area contributed by atoms with E-state index in [2.05, 4.69) is 4.98 Å². The molecule has 1 aliphatic heterocycles. The van der Waals surface area contributed by atoms with Gasteiger partial charge in [0.15, 0.2) is 0 Å². The molecular weight excluding hydrogens is 394 g/mol. The molecule has 1 aromatic heterocycles. The second kappa shape index (κ2) is 8.28. The van der Waals surface area contributed by atoms with E-state index in [9.17, 15) is 14.7 Å². The number of methoxy groups -OCH3 is 1. The number of amides is 1. The average Bonchev–Trinajstić information content (AvgIpc) is 3.30. The summed E-state index contributed by atoms with van der Waals surface area (Å²) in [6, 6.07) is 13.8. The minimum absolute atomic E-state index is 0.0850. The lowest BCUT2D eigenvalue weighted by Gasteiger charge is -2.26. The number of carbonyl (C=O) groups excluding carboxylic acids is 2. The number of aromatic nitrogens is 1. The molecule has 31 heavy (non-hydrogen) atoms. The summed E-state index contributed by atoms with van der Waals surface area (Å²) in [5.41, 5.74) is 2.19. The summed E-state index contributed by atoms with van der Waals surface area (Å²) in [4.78, 5) is 32.8. The van der Waals surface area contributed by atoms with Crippen LogP contribution < -0.4 is 4.74 Å². The number of hydrogen-bond donors (Lipinski definition) is 2. The number of ether oxygens (including phenoxy) is 1. The van der Waals surface area contributed by atoms with E-state index in [4.69, 9.17) is 4.74 Å². The molecule has 0 bridgehead atoms. The van der Waals surface area contributed by atoms with Crippen molar-refractivity contribution in [2.45, 2.75) is 6.04 Å². The van der Waals surface area contributed by atoms with Gasteiger partial charge in [-0.05, 0) is 32.3 Å². The molecular formula is C24H25N3O4. The third kappa shape index (κ3) is 3.68. The quantitative estimate of drug-likeness (QED) is 0.364. The molecule has 1 amide bonds. The van der Waals surface area contributed by atoms with Crippen molar-refractivity contribution in [3.05, 3.63) is 71.4 Å². The summed E-state index contributed by atoms with van der Waals surface area (Å²) in [6.45, 7) is 0.946. The minimum atomic E-state index is -0.692. The highest BCUT2D eigenvalue weighted by Crippen LogP contribution is 2.42. The fourth-order valence-corrected chi connectivity index (χ4v) is 3.99. The predicted octanol–water partition coefficient (Wildman–Crippen LogP) is 3.16. The monoisotopic (exact) mass is 419 g/mol. The smallest absolute Gasteiger partial charge is 0.295 e. The number of rotatable bonds is 6. The summed E-state index contributed by atoms with van der Waals surface area (Å²) >= 11 is 0. The zero-order valence-electron chi connectivity index (χ0n) is 17.8. The number of ketones is 1. The molecule has 3 aromatic rings. The maximum atomic E-state index is 13.1. The van der Waals surface area contributed by atoms with Crippen LogP contribution in [-0.4, -0.2) is 65.9 Å². The first-order valence-corrected chi connectivity index (χ1v) is 10.1. The van der Waals surface area contributed by atoms with Crippen LogP contribution in [0.15, 0.2) is 60.3 Å². The van der Waals surface area contributed by atoms with Crippen LogP contribution in [0.4, 0.5) is 0 Å². The number of nitrogens with one attached hydrogen (secondary N) is 1. The van der Waals surface area contributed by atoms with Gasteiger partial charge in [-0.3, -0.25) is 9.59 Å². The van der Waals surface area contributed by atoms with Crippen molar-refractivity contribution in [1.82, 2.24) is 14.8 Å². The molecule has 1 unspecified atom stereocenters. The van der Waals surface area contributed by atoms with Gasteiger partial charge in [0.1, 0.15) is 11.5 Å². The van der Waals surface area contributed by atoms with Crippen molar-refractivity contribution in [2.24, 2.45) is 0 Å². The number of fused-ring (bicyclic) bond motifs is 1. The number of aliphatic hydroxyl groups excluding tert-OH is 1. The Labute approximate surface area is 180 Å². The number of nitrogens with zero attached hydrogens (tertiary/aromatic N) is 2. The highest BCUT2D eigenvalue weighted by atomic mass is 16.5. The topological polar surface area (TPSA) is 85.9 Å². The Morgan fingerprint density at radius 2 is 1.94 bits per heavy atom. The van der Waals surface area contributed by atoms with E-state index in [-0.39, 0.29) is 11.3 Å². The third-order valence-electron chi connectivity index (χ3n) is 5.59. The Morgan fingerprint density at radius 1 is 1.16 bits per heavy atom. The van der Waals surface area contributed by atoms with E-state index in [0.29, 0.717) is 24.4 Å². The molecule has 160 valence electrons. The van der Waals surface area contributed by atoms with Crippen LogP contribution in [-0.2, 0) is 9.59 Å². The van der Waals surface area contributed by atoms with E-state index >= 15 is 0 Å². The number of hydrogen-bond acceptors (Lipinski definition) is 5. The van der Waals surface area contributed by atoms with Gasteiger partial charge in [0.25, 0.3) is 11.7 Å². The van der Waals surface area contributed by atoms with E-state index < -0.39 is 17.7 Å². The molecule has 4 rings (SSSR count). The summed E-state index contributed by atoms with van der Waals surface area (Å²) in [5, 5.41) is 12.1. The van der Waals surface area contributed by atoms with Crippen LogP contribution in [0.2, 0.25) is 0 Å². The predicted molar refractivity (Wildman–Crippen MR) is 119 cm³/mol. The molecule has 7 heteroatoms. The SMILES string of the molecule is COc1cccc(/C(O)=C2\C(=O)C(=O)N(CCN(C)C)C2c2c[nH]c3ccccc23)c1. The van der Waals surface area contributed by atoms with Gasteiger partial charge < -0.3 is 24.6 Å². The lowest BCUT2D eigenvalue weighted by atomic mass is 9.95. The second-order valence-electron chi connectivity index (χ2n) is 7.82. The normalized spacial score (nSPS) is 18.3. The van der Waals surface area contributed by atoms with Crippen molar-refractivity contribution in [2.75, 3.05) is 34.3 Å². The van der Waals surface area contributed by atoms with Crippen molar-refractivity contribution < 1.29 is 19.4 Å². The van der Waals surface area contributed by atoms with Crippen LogP contribution >= 0.6 is 0 Å². The molecule has 7 nitrogen and oxygen atoms in total. The van der Waals surface area contributed by atoms with Crippen LogP contribution in [0.3, 0.4) is 0 Å². The molecule has 0 aliphatic carbocycles. The van der Waals surface area contributed by atoms with Gasteiger partial charge >= 0.3 is 0 Å². The fourth-order valence-electron chi connectivity index (χ4n) is 3.99. The number of likely N-dealkylation sites (tertiary alicyclic amines) is 1. The van der Waals surface area contributed by atoms with Gasteiger partial charge in [-0.1, -0.05) is 30.3 Å².